The molecule has 1 amide bonds. The molecule has 4 aliphatic carbocycles. The molecule has 0 spiro atoms. The molecule has 1 aromatic rings. The van der Waals surface area contributed by atoms with Gasteiger partial charge in [0.1, 0.15) is 0 Å². The van der Waals surface area contributed by atoms with Gasteiger partial charge in [0.05, 0.1) is 17.6 Å². The van der Waals surface area contributed by atoms with Crippen LogP contribution in [0.5, 0.6) is 0 Å². The van der Waals surface area contributed by atoms with E-state index in [1.165, 1.54) is 24.8 Å². The lowest BCUT2D eigenvalue weighted by Crippen LogP contribution is -2.64. The number of aliphatic hydroxyl groups is 1. The first-order valence-electron chi connectivity index (χ1n) is 10.7. The molecule has 4 saturated carbocycles. The summed E-state index contributed by atoms with van der Waals surface area (Å²) in [6, 6.07) is 10.8. The van der Waals surface area contributed by atoms with E-state index >= 15 is 0 Å². The minimum Gasteiger partial charge on any atom is -0.390 e. The topological polar surface area (TPSA) is 61.4 Å². The van der Waals surface area contributed by atoms with Crippen molar-refractivity contribution in [2.45, 2.75) is 69.4 Å². The van der Waals surface area contributed by atoms with Crippen LogP contribution in [0.15, 0.2) is 30.3 Å². The number of hydrogen-bond acceptors (Lipinski definition) is 3. The Bertz CT molecular complexity index is 737. The van der Waals surface area contributed by atoms with Crippen molar-refractivity contribution >= 4 is 5.91 Å². The molecule has 0 aromatic heterocycles. The predicted molar refractivity (Wildman–Crippen MR) is 105 cm³/mol. The van der Waals surface area contributed by atoms with Gasteiger partial charge in [0.2, 0.25) is 5.91 Å². The van der Waals surface area contributed by atoms with E-state index in [1.807, 2.05) is 0 Å². The van der Waals surface area contributed by atoms with Crippen molar-refractivity contribution in [1.29, 1.82) is 0 Å². The Balaban J connectivity index is 1.46. The van der Waals surface area contributed by atoms with Crippen LogP contribution in [0.25, 0.3) is 0 Å². The van der Waals surface area contributed by atoms with Crippen LogP contribution in [0.2, 0.25) is 0 Å². The average Bonchev–Trinajstić information content (AvgIpc) is 2.62. The van der Waals surface area contributed by atoms with E-state index in [0.29, 0.717) is 12.5 Å². The molecular formula is C23H32N2O2. The number of carbonyl (C=O) groups excluding carboxylic acids is 1. The van der Waals surface area contributed by atoms with Gasteiger partial charge in [-0.3, -0.25) is 4.79 Å². The third-order valence-corrected chi connectivity index (χ3v) is 7.98. The van der Waals surface area contributed by atoms with Crippen molar-refractivity contribution in [2.24, 2.45) is 16.7 Å². The molecule has 6 rings (SSSR count). The fourth-order valence-electron chi connectivity index (χ4n) is 7.62. The first-order chi connectivity index (χ1) is 12.9. The lowest BCUT2D eigenvalue weighted by atomic mass is 9.38. The molecule has 4 heteroatoms. The maximum absolute atomic E-state index is 13.6. The fraction of sp³-hybridized carbons (Fsp3) is 0.696. The first kappa shape index (κ1) is 17.7. The quantitative estimate of drug-likeness (QED) is 0.769. The molecule has 27 heavy (non-hydrogen) atoms. The maximum Gasteiger partial charge on any atom is 0.226 e. The van der Waals surface area contributed by atoms with E-state index < -0.39 is 6.10 Å². The van der Waals surface area contributed by atoms with Gasteiger partial charge in [0.25, 0.3) is 0 Å². The summed E-state index contributed by atoms with van der Waals surface area (Å²) in [6.45, 7) is 3.85. The Morgan fingerprint density at radius 2 is 1.96 bits per heavy atom. The minimum absolute atomic E-state index is 0.104. The largest absolute Gasteiger partial charge is 0.390 e. The van der Waals surface area contributed by atoms with Crippen molar-refractivity contribution in [3.63, 3.8) is 0 Å². The number of piperidine rings is 1. The number of aliphatic hydroxyl groups excluding tert-OH is 1. The van der Waals surface area contributed by atoms with Crippen LogP contribution < -0.4 is 10.6 Å². The highest BCUT2D eigenvalue weighted by Gasteiger charge is 2.64. The maximum atomic E-state index is 13.6. The van der Waals surface area contributed by atoms with Crippen molar-refractivity contribution in [1.82, 2.24) is 10.6 Å². The van der Waals surface area contributed by atoms with Crippen molar-refractivity contribution in [3.05, 3.63) is 35.9 Å². The van der Waals surface area contributed by atoms with E-state index in [9.17, 15) is 9.90 Å². The fourth-order valence-corrected chi connectivity index (χ4v) is 7.62. The van der Waals surface area contributed by atoms with Crippen LogP contribution in [0, 0.1) is 16.7 Å². The molecule has 1 heterocycles. The normalized spacial score (nSPS) is 45.6. The first-order valence-corrected chi connectivity index (χ1v) is 10.7. The van der Waals surface area contributed by atoms with Gasteiger partial charge in [-0.05, 0) is 73.8 Å². The highest BCUT2D eigenvalue weighted by Crippen LogP contribution is 2.70. The van der Waals surface area contributed by atoms with Gasteiger partial charge in [-0.25, -0.2) is 0 Å². The standard InChI is InChI=1S/C23H32N2O2/c1-21-9-16-10-22(13-21,17-5-3-2-4-6-17)15-23(11-16,14-21)20(27)25-18-7-8-24-12-19(18)26/h2-6,16,18-19,24,26H,7-15H2,1H3,(H,25,27)/t16?,18-,19-,21-,22-,23?/m1/s1. The van der Waals surface area contributed by atoms with E-state index in [0.717, 1.165) is 32.2 Å². The van der Waals surface area contributed by atoms with Gasteiger partial charge < -0.3 is 15.7 Å². The highest BCUT2D eigenvalue weighted by molar-refractivity contribution is 5.84. The van der Waals surface area contributed by atoms with Crippen LogP contribution in [0.3, 0.4) is 0 Å². The number of hydrogen-bond donors (Lipinski definition) is 3. The molecule has 5 aliphatic rings. The summed E-state index contributed by atoms with van der Waals surface area (Å²) in [7, 11) is 0. The Morgan fingerprint density at radius 3 is 2.70 bits per heavy atom. The predicted octanol–water partition coefficient (Wildman–Crippen LogP) is 2.75. The molecule has 4 nitrogen and oxygen atoms in total. The third kappa shape index (κ3) is 2.84. The van der Waals surface area contributed by atoms with Crippen LogP contribution in [-0.2, 0) is 10.2 Å². The molecular weight excluding hydrogens is 336 g/mol. The Morgan fingerprint density at radius 1 is 1.15 bits per heavy atom. The van der Waals surface area contributed by atoms with Gasteiger partial charge in [0, 0.05) is 6.54 Å². The minimum atomic E-state index is -0.477. The van der Waals surface area contributed by atoms with Gasteiger partial charge >= 0.3 is 0 Å². The Hall–Kier alpha value is -1.39. The van der Waals surface area contributed by atoms with Gasteiger partial charge in [-0.15, -0.1) is 0 Å². The molecule has 0 radical (unpaired) electrons. The smallest absolute Gasteiger partial charge is 0.226 e. The molecule has 5 fully saturated rings. The second kappa shape index (κ2) is 6.05. The summed E-state index contributed by atoms with van der Waals surface area (Å²) in [4.78, 5) is 13.6. The van der Waals surface area contributed by atoms with E-state index in [-0.39, 0.29) is 28.2 Å². The van der Waals surface area contributed by atoms with Gasteiger partial charge in [0.15, 0.2) is 0 Å². The third-order valence-electron chi connectivity index (χ3n) is 7.98. The molecule has 2 unspecified atom stereocenters. The molecule has 146 valence electrons. The van der Waals surface area contributed by atoms with E-state index in [2.05, 4.69) is 47.9 Å². The van der Waals surface area contributed by atoms with Crippen molar-refractivity contribution < 1.29 is 9.90 Å². The molecule has 6 atom stereocenters. The van der Waals surface area contributed by atoms with Crippen LogP contribution in [0.1, 0.15) is 57.4 Å². The summed E-state index contributed by atoms with van der Waals surface area (Å²) < 4.78 is 0. The van der Waals surface area contributed by atoms with Crippen LogP contribution in [0.4, 0.5) is 0 Å². The summed E-state index contributed by atoms with van der Waals surface area (Å²) in [5.41, 5.74) is 1.59. The number of β-amino-alcohol motifs (C(OH)–C–C–N with tert-alkyl or cyclic N) is 1. The van der Waals surface area contributed by atoms with Gasteiger partial charge in [-0.2, -0.15) is 0 Å². The zero-order valence-corrected chi connectivity index (χ0v) is 16.3. The zero-order valence-electron chi connectivity index (χ0n) is 16.3. The summed E-state index contributed by atoms with van der Waals surface area (Å²) >= 11 is 0. The lowest BCUT2D eigenvalue weighted by Gasteiger charge is -2.65. The number of benzene rings is 1. The van der Waals surface area contributed by atoms with Crippen LogP contribution >= 0.6 is 0 Å². The van der Waals surface area contributed by atoms with Gasteiger partial charge in [-0.1, -0.05) is 37.3 Å². The van der Waals surface area contributed by atoms with Crippen molar-refractivity contribution in [3.8, 4) is 0 Å². The summed E-state index contributed by atoms with van der Waals surface area (Å²) in [5.74, 6) is 0.860. The average molecular weight is 369 g/mol. The summed E-state index contributed by atoms with van der Waals surface area (Å²) in [5, 5.41) is 16.8. The van der Waals surface area contributed by atoms with E-state index in [1.54, 1.807) is 0 Å². The number of nitrogens with one attached hydrogen (secondary N) is 2. The number of carbonyl (C=O) groups is 1. The Kier molecular flexibility index (Phi) is 3.97. The number of amides is 1. The second-order valence-corrected chi connectivity index (χ2v) is 10.4. The monoisotopic (exact) mass is 368 g/mol. The molecule has 1 saturated heterocycles. The molecule has 4 bridgehead atoms. The molecule has 3 N–H and O–H groups in total. The van der Waals surface area contributed by atoms with Crippen LogP contribution in [-0.4, -0.2) is 36.2 Å². The molecule has 1 aromatic carbocycles. The van der Waals surface area contributed by atoms with Crippen molar-refractivity contribution in [2.75, 3.05) is 13.1 Å². The lowest BCUT2D eigenvalue weighted by molar-refractivity contribution is -0.161. The second-order valence-electron chi connectivity index (χ2n) is 10.4. The zero-order chi connectivity index (χ0) is 18.7. The Labute approximate surface area is 162 Å². The molecule has 1 aliphatic heterocycles. The van der Waals surface area contributed by atoms with E-state index in [4.69, 9.17) is 0 Å². The highest BCUT2D eigenvalue weighted by atomic mass is 16.3. The SMILES string of the molecule is C[C@]12CC3CC(C(=O)N[C@@H]4CCNC[C@H]4O)(C1)C[C@@](c1ccccc1)(C3)C2. The number of rotatable bonds is 3. The summed E-state index contributed by atoms with van der Waals surface area (Å²) in [6.07, 6.45) is 7.07.